The first-order valence-electron chi connectivity index (χ1n) is 7.06. The number of carbonyl (C=O) groups excluding carboxylic acids is 1. The topological polar surface area (TPSA) is 47.8 Å². The highest BCUT2D eigenvalue weighted by molar-refractivity contribution is 5.85. The minimum Gasteiger partial charge on any atom is -0.296 e. The number of fused-ring (bicyclic) bond motifs is 1. The maximum Gasteiger partial charge on any atom is 0.172 e. The standard InChI is InChI=1S/C17H17N3O/c1-12(2)17-16(11-21)18-19-20(17)10-14-8-5-7-13-6-3-4-9-15(13)14/h3-9,11-12H,10H2,1-2H3. The van der Waals surface area contributed by atoms with Crippen molar-refractivity contribution < 1.29 is 4.79 Å². The van der Waals surface area contributed by atoms with Gasteiger partial charge in [0, 0.05) is 0 Å². The van der Waals surface area contributed by atoms with Crippen LogP contribution >= 0.6 is 0 Å². The summed E-state index contributed by atoms with van der Waals surface area (Å²) in [4.78, 5) is 11.1. The Morgan fingerprint density at radius 2 is 1.90 bits per heavy atom. The number of benzene rings is 2. The van der Waals surface area contributed by atoms with Crippen LogP contribution in [0.5, 0.6) is 0 Å². The van der Waals surface area contributed by atoms with Crippen molar-refractivity contribution in [1.29, 1.82) is 0 Å². The molecule has 0 N–H and O–H groups in total. The first-order chi connectivity index (χ1) is 10.2. The Balaban J connectivity index is 2.07. The van der Waals surface area contributed by atoms with Gasteiger partial charge in [0.15, 0.2) is 6.29 Å². The number of hydrogen-bond acceptors (Lipinski definition) is 3. The van der Waals surface area contributed by atoms with Crippen LogP contribution in [0, 0.1) is 0 Å². The average Bonchev–Trinajstić information content (AvgIpc) is 2.90. The monoisotopic (exact) mass is 279 g/mol. The molecule has 2 aromatic carbocycles. The molecule has 0 bridgehead atoms. The molecule has 0 saturated carbocycles. The summed E-state index contributed by atoms with van der Waals surface area (Å²) in [5, 5.41) is 10.5. The molecular weight excluding hydrogens is 262 g/mol. The highest BCUT2D eigenvalue weighted by Gasteiger charge is 2.16. The quantitative estimate of drug-likeness (QED) is 0.687. The summed E-state index contributed by atoms with van der Waals surface area (Å²) in [6, 6.07) is 14.5. The van der Waals surface area contributed by atoms with E-state index in [9.17, 15) is 4.79 Å². The SMILES string of the molecule is CC(C)c1c(C=O)nnn1Cc1cccc2ccccc12. The normalized spacial score (nSPS) is 11.2. The van der Waals surface area contributed by atoms with Crippen LogP contribution in [0.3, 0.4) is 0 Å². The summed E-state index contributed by atoms with van der Waals surface area (Å²) in [5.41, 5.74) is 2.50. The van der Waals surface area contributed by atoms with Crippen molar-refractivity contribution in [3.63, 3.8) is 0 Å². The summed E-state index contributed by atoms with van der Waals surface area (Å²) in [5.74, 6) is 0.204. The van der Waals surface area contributed by atoms with Crippen LogP contribution in [-0.4, -0.2) is 21.3 Å². The molecule has 0 aliphatic rings. The van der Waals surface area contributed by atoms with Gasteiger partial charge in [-0.15, -0.1) is 5.10 Å². The van der Waals surface area contributed by atoms with Crippen LogP contribution in [0.15, 0.2) is 42.5 Å². The third kappa shape index (κ3) is 2.44. The number of nitrogens with zero attached hydrogens (tertiary/aromatic N) is 3. The summed E-state index contributed by atoms with van der Waals surface area (Å²) < 4.78 is 1.83. The van der Waals surface area contributed by atoms with Crippen LogP contribution < -0.4 is 0 Å². The van der Waals surface area contributed by atoms with Crippen molar-refractivity contribution in [2.75, 3.05) is 0 Å². The van der Waals surface area contributed by atoms with Crippen molar-refractivity contribution in [2.24, 2.45) is 0 Å². The fraction of sp³-hybridized carbons (Fsp3) is 0.235. The third-order valence-corrected chi connectivity index (χ3v) is 3.66. The lowest BCUT2D eigenvalue weighted by Crippen LogP contribution is -2.09. The number of rotatable bonds is 4. The zero-order chi connectivity index (χ0) is 14.8. The fourth-order valence-corrected chi connectivity index (χ4v) is 2.72. The Morgan fingerprint density at radius 1 is 1.14 bits per heavy atom. The van der Waals surface area contributed by atoms with Crippen LogP contribution in [0.2, 0.25) is 0 Å². The van der Waals surface area contributed by atoms with Gasteiger partial charge in [-0.1, -0.05) is 61.5 Å². The zero-order valence-electron chi connectivity index (χ0n) is 12.2. The highest BCUT2D eigenvalue weighted by atomic mass is 16.1. The Bertz CT molecular complexity index is 784. The Morgan fingerprint density at radius 3 is 2.67 bits per heavy atom. The molecule has 0 spiro atoms. The van der Waals surface area contributed by atoms with Crippen LogP contribution in [0.4, 0.5) is 0 Å². The maximum atomic E-state index is 11.1. The van der Waals surface area contributed by atoms with Gasteiger partial charge in [0.05, 0.1) is 12.2 Å². The minimum absolute atomic E-state index is 0.204. The van der Waals surface area contributed by atoms with Gasteiger partial charge in [0.2, 0.25) is 0 Å². The van der Waals surface area contributed by atoms with Crippen LogP contribution in [0.1, 0.15) is 41.5 Å². The van der Waals surface area contributed by atoms with Gasteiger partial charge in [-0.25, -0.2) is 4.68 Å². The molecule has 0 unspecified atom stereocenters. The van der Waals surface area contributed by atoms with E-state index in [1.165, 1.54) is 16.3 Å². The zero-order valence-corrected chi connectivity index (χ0v) is 12.2. The molecule has 1 heterocycles. The van der Waals surface area contributed by atoms with E-state index in [1.807, 2.05) is 36.7 Å². The molecule has 1 aromatic heterocycles. The van der Waals surface area contributed by atoms with E-state index in [0.717, 1.165) is 12.0 Å². The van der Waals surface area contributed by atoms with Crippen molar-refractivity contribution in [3.05, 3.63) is 59.4 Å². The molecule has 4 nitrogen and oxygen atoms in total. The number of aldehydes is 1. The number of aromatic nitrogens is 3. The minimum atomic E-state index is 0.204. The molecule has 0 aliphatic carbocycles. The van der Waals surface area contributed by atoms with E-state index < -0.39 is 0 Å². The second-order valence-electron chi connectivity index (χ2n) is 5.43. The number of hydrogen-bond donors (Lipinski definition) is 0. The molecule has 106 valence electrons. The van der Waals surface area contributed by atoms with E-state index in [0.29, 0.717) is 12.2 Å². The predicted octanol–water partition coefficient (Wildman–Crippen LogP) is 3.42. The molecule has 0 radical (unpaired) electrons. The largest absolute Gasteiger partial charge is 0.296 e. The molecule has 3 aromatic rings. The molecule has 21 heavy (non-hydrogen) atoms. The molecule has 0 amide bonds. The van der Waals surface area contributed by atoms with Gasteiger partial charge in [0.25, 0.3) is 0 Å². The van der Waals surface area contributed by atoms with E-state index in [2.05, 4.69) is 34.6 Å². The average molecular weight is 279 g/mol. The van der Waals surface area contributed by atoms with Crippen LogP contribution in [-0.2, 0) is 6.54 Å². The smallest absolute Gasteiger partial charge is 0.172 e. The summed E-state index contributed by atoms with van der Waals surface area (Å²) in [7, 11) is 0. The first kappa shape index (κ1) is 13.5. The van der Waals surface area contributed by atoms with E-state index in [1.54, 1.807) is 0 Å². The summed E-state index contributed by atoms with van der Waals surface area (Å²) in [6.45, 7) is 4.71. The van der Waals surface area contributed by atoms with Gasteiger partial charge < -0.3 is 0 Å². The van der Waals surface area contributed by atoms with E-state index in [-0.39, 0.29) is 5.92 Å². The lowest BCUT2D eigenvalue weighted by Gasteiger charge is -2.11. The van der Waals surface area contributed by atoms with Crippen molar-refractivity contribution in [1.82, 2.24) is 15.0 Å². The predicted molar refractivity (Wildman–Crippen MR) is 82.5 cm³/mol. The number of carbonyl (C=O) groups is 1. The Kier molecular flexibility index (Phi) is 3.52. The van der Waals surface area contributed by atoms with Crippen molar-refractivity contribution >= 4 is 17.1 Å². The second kappa shape index (κ2) is 5.48. The molecular formula is C17H17N3O. The van der Waals surface area contributed by atoms with E-state index in [4.69, 9.17) is 0 Å². The van der Waals surface area contributed by atoms with Crippen molar-refractivity contribution in [2.45, 2.75) is 26.3 Å². The summed E-state index contributed by atoms with van der Waals surface area (Å²) in [6.07, 6.45) is 0.780. The molecule has 0 fully saturated rings. The Labute approximate surface area is 123 Å². The molecule has 0 saturated heterocycles. The highest BCUT2D eigenvalue weighted by Crippen LogP contribution is 2.22. The van der Waals surface area contributed by atoms with Crippen molar-refractivity contribution in [3.8, 4) is 0 Å². The second-order valence-corrected chi connectivity index (χ2v) is 5.43. The Hall–Kier alpha value is -2.49. The van der Waals surface area contributed by atoms with Crippen LogP contribution in [0.25, 0.3) is 10.8 Å². The van der Waals surface area contributed by atoms with Gasteiger partial charge in [-0.3, -0.25) is 4.79 Å². The molecule has 0 atom stereocenters. The van der Waals surface area contributed by atoms with Gasteiger partial charge in [0.1, 0.15) is 5.69 Å². The fourth-order valence-electron chi connectivity index (χ4n) is 2.72. The van der Waals surface area contributed by atoms with Gasteiger partial charge in [-0.2, -0.15) is 0 Å². The maximum absolute atomic E-state index is 11.1. The molecule has 0 aliphatic heterocycles. The third-order valence-electron chi connectivity index (χ3n) is 3.66. The van der Waals surface area contributed by atoms with Gasteiger partial charge in [-0.05, 0) is 22.3 Å². The lowest BCUT2D eigenvalue weighted by molar-refractivity contribution is 0.111. The lowest BCUT2D eigenvalue weighted by atomic mass is 10.0. The van der Waals surface area contributed by atoms with Gasteiger partial charge >= 0.3 is 0 Å². The first-order valence-corrected chi connectivity index (χ1v) is 7.06. The molecule has 4 heteroatoms. The molecule has 3 rings (SSSR count). The van der Waals surface area contributed by atoms with E-state index >= 15 is 0 Å². The summed E-state index contributed by atoms with van der Waals surface area (Å²) >= 11 is 0.